The minimum Gasteiger partial charge on any atom is -0.466 e. The Hall–Kier alpha value is -2.71. The molecule has 0 amide bonds. The van der Waals surface area contributed by atoms with Gasteiger partial charge in [-0.05, 0) is 57.4 Å². The normalized spacial score (nSPS) is 11.6. The highest BCUT2D eigenvalue weighted by atomic mass is 19.1. The Morgan fingerprint density at radius 1 is 1.14 bits per heavy atom. The van der Waals surface area contributed by atoms with Crippen LogP contribution in [0.2, 0.25) is 0 Å². The third-order valence-corrected chi connectivity index (χ3v) is 4.50. The van der Waals surface area contributed by atoms with Crippen LogP contribution in [-0.2, 0) is 9.53 Å². The molecule has 0 radical (unpaired) electrons. The molecule has 2 N–H and O–H groups in total. The van der Waals surface area contributed by atoms with E-state index in [0.29, 0.717) is 5.56 Å². The SMILES string of the molecule is CC#Cc1cc(-c2c(C)cc(C)cc2C)c(F)c(C(N)CC(=O)OCC)c1F. The number of carbonyl (C=O) groups excluding carboxylic acids is 1. The number of nitrogens with two attached hydrogens (primary N) is 1. The van der Waals surface area contributed by atoms with Crippen LogP contribution >= 0.6 is 0 Å². The highest BCUT2D eigenvalue weighted by Gasteiger charge is 2.26. The van der Waals surface area contributed by atoms with Crippen LogP contribution in [0.15, 0.2) is 18.2 Å². The third-order valence-electron chi connectivity index (χ3n) is 4.50. The first-order chi connectivity index (χ1) is 13.2. The number of carbonyl (C=O) groups is 1. The van der Waals surface area contributed by atoms with Crippen LogP contribution in [-0.4, -0.2) is 12.6 Å². The maximum Gasteiger partial charge on any atom is 0.307 e. The number of esters is 1. The Labute approximate surface area is 164 Å². The van der Waals surface area contributed by atoms with Crippen molar-refractivity contribution in [3.8, 4) is 23.0 Å². The molecule has 0 aliphatic rings. The molecular weight excluding hydrogens is 360 g/mol. The standard InChI is InChI=1S/C23H25F2NO2/c1-6-8-16-11-17(20-14(4)9-13(3)10-15(20)5)23(25)21(22(16)24)18(26)12-19(27)28-7-2/h9-11,18H,7,12,26H2,1-5H3. The summed E-state index contributed by atoms with van der Waals surface area (Å²) in [5, 5.41) is 0. The minimum atomic E-state index is -1.18. The molecule has 1 atom stereocenters. The summed E-state index contributed by atoms with van der Waals surface area (Å²) in [5.41, 5.74) is 9.39. The molecule has 0 saturated heterocycles. The number of rotatable bonds is 5. The Bertz CT molecular complexity index is 948. The van der Waals surface area contributed by atoms with Gasteiger partial charge in [-0.15, -0.1) is 5.92 Å². The van der Waals surface area contributed by atoms with Gasteiger partial charge in [-0.2, -0.15) is 0 Å². The zero-order chi connectivity index (χ0) is 21.0. The lowest BCUT2D eigenvalue weighted by atomic mass is 9.89. The molecule has 0 saturated carbocycles. The maximum atomic E-state index is 15.5. The van der Waals surface area contributed by atoms with Crippen LogP contribution in [0.5, 0.6) is 0 Å². The molecular formula is C23H25F2NO2. The van der Waals surface area contributed by atoms with E-state index in [1.165, 1.54) is 6.07 Å². The minimum absolute atomic E-state index is 0.0487. The summed E-state index contributed by atoms with van der Waals surface area (Å²) >= 11 is 0. The van der Waals surface area contributed by atoms with Gasteiger partial charge >= 0.3 is 5.97 Å². The molecule has 28 heavy (non-hydrogen) atoms. The topological polar surface area (TPSA) is 52.3 Å². The van der Waals surface area contributed by atoms with Crippen LogP contribution in [0.25, 0.3) is 11.1 Å². The Morgan fingerprint density at radius 2 is 1.75 bits per heavy atom. The van der Waals surface area contributed by atoms with E-state index in [4.69, 9.17) is 10.5 Å². The fourth-order valence-electron chi connectivity index (χ4n) is 3.50. The van der Waals surface area contributed by atoms with Gasteiger partial charge in [0.05, 0.1) is 18.6 Å². The summed E-state index contributed by atoms with van der Waals surface area (Å²) in [4.78, 5) is 11.8. The van der Waals surface area contributed by atoms with Gasteiger partial charge in [-0.1, -0.05) is 23.6 Å². The predicted molar refractivity (Wildman–Crippen MR) is 107 cm³/mol. The van der Waals surface area contributed by atoms with Crippen molar-refractivity contribution in [3.05, 3.63) is 57.7 Å². The molecule has 0 aromatic heterocycles. The van der Waals surface area contributed by atoms with Crippen LogP contribution in [0, 0.1) is 44.2 Å². The van der Waals surface area contributed by atoms with Gasteiger partial charge in [0.1, 0.15) is 11.6 Å². The molecule has 0 fully saturated rings. The fourth-order valence-corrected chi connectivity index (χ4v) is 3.50. The summed E-state index contributed by atoms with van der Waals surface area (Å²) in [6, 6.07) is 4.11. The lowest BCUT2D eigenvalue weighted by molar-refractivity contribution is -0.143. The maximum absolute atomic E-state index is 15.5. The number of hydrogen-bond acceptors (Lipinski definition) is 3. The van der Waals surface area contributed by atoms with Crippen LogP contribution < -0.4 is 5.73 Å². The van der Waals surface area contributed by atoms with Crippen molar-refractivity contribution in [2.45, 2.75) is 47.1 Å². The third kappa shape index (κ3) is 4.40. The second-order valence-electron chi connectivity index (χ2n) is 6.78. The van der Waals surface area contributed by atoms with Crippen molar-refractivity contribution in [1.82, 2.24) is 0 Å². The van der Waals surface area contributed by atoms with Crippen molar-refractivity contribution in [2.24, 2.45) is 5.73 Å². The van der Waals surface area contributed by atoms with Crippen molar-refractivity contribution in [3.63, 3.8) is 0 Å². The summed E-state index contributed by atoms with van der Waals surface area (Å²) in [5.74, 6) is 3.10. The average molecular weight is 385 g/mol. The van der Waals surface area contributed by atoms with E-state index in [1.54, 1.807) is 13.8 Å². The van der Waals surface area contributed by atoms with Gasteiger partial charge in [-0.3, -0.25) is 4.79 Å². The van der Waals surface area contributed by atoms with Gasteiger partial charge in [0.25, 0.3) is 0 Å². The lowest BCUT2D eigenvalue weighted by Crippen LogP contribution is -2.21. The summed E-state index contributed by atoms with van der Waals surface area (Å²) < 4.78 is 35.3. The van der Waals surface area contributed by atoms with E-state index >= 15 is 4.39 Å². The van der Waals surface area contributed by atoms with Crippen molar-refractivity contribution in [1.29, 1.82) is 0 Å². The second kappa shape index (κ2) is 8.99. The first-order valence-corrected chi connectivity index (χ1v) is 9.15. The first kappa shape index (κ1) is 21.6. The zero-order valence-corrected chi connectivity index (χ0v) is 16.9. The number of halogens is 2. The largest absolute Gasteiger partial charge is 0.466 e. The molecule has 0 aliphatic carbocycles. The monoisotopic (exact) mass is 385 g/mol. The average Bonchev–Trinajstić information content (AvgIpc) is 2.58. The van der Waals surface area contributed by atoms with Gasteiger partial charge in [-0.25, -0.2) is 8.78 Å². The van der Waals surface area contributed by atoms with Crippen molar-refractivity contribution >= 4 is 5.97 Å². The van der Waals surface area contributed by atoms with E-state index in [-0.39, 0.29) is 29.7 Å². The van der Waals surface area contributed by atoms with E-state index in [1.807, 2.05) is 32.9 Å². The summed E-state index contributed by atoms with van der Waals surface area (Å²) in [7, 11) is 0. The molecule has 1 unspecified atom stereocenters. The molecule has 5 heteroatoms. The van der Waals surface area contributed by atoms with E-state index in [2.05, 4.69) is 11.8 Å². The zero-order valence-electron chi connectivity index (χ0n) is 16.9. The molecule has 2 aromatic rings. The van der Waals surface area contributed by atoms with Crippen molar-refractivity contribution < 1.29 is 18.3 Å². The van der Waals surface area contributed by atoms with E-state index < -0.39 is 23.6 Å². The number of hydrogen-bond donors (Lipinski definition) is 1. The molecule has 148 valence electrons. The quantitative estimate of drug-likeness (QED) is 0.589. The Kier molecular flexibility index (Phi) is 6.93. The van der Waals surface area contributed by atoms with E-state index in [0.717, 1.165) is 16.7 Å². The molecule has 0 spiro atoms. The van der Waals surface area contributed by atoms with Crippen molar-refractivity contribution in [2.75, 3.05) is 6.61 Å². The lowest BCUT2D eigenvalue weighted by Gasteiger charge is -2.19. The predicted octanol–water partition coefficient (Wildman–Crippen LogP) is 4.88. The van der Waals surface area contributed by atoms with Crippen LogP contribution in [0.4, 0.5) is 8.78 Å². The van der Waals surface area contributed by atoms with E-state index in [9.17, 15) is 9.18 Å². The molecule has 0 bridgehead atoms. The molecule has 0 heterocycles. The first-order valence-electron chi connectivity index (χ1n) is 9.15. The van der Waals surface area contributed by atoms with Gasteiger partial charge in [0.15, 0.2) is 0 Å². The number of aryl methyl sites for hydroxylation is 3. The second-order valence-corrected chi connectivity index (χ2v) is 6.78. The smallest absolute Gasteiger partial charge is 0.307 e. The molecule has 2 rings (SSSR count). The molecule has 3 nitrogen and oxygen atoms in total. The summed E-state index contributed by atoms with van der Waals surface area (Å²) in [6.07, 6.45) is -0.323. The Morgan fingerprint density at radius 3 is 2.29 bits per heavy atom. The summed E-state index contributed by atoms with van der Waals surface area (Å²) in [6.45, 7) is 9.11. The van der Waals surface area contributed by atoms with Gasteiger partial charge in [0.2, 0.25) is 0 Å². The number of benzene rings is 2. The molecule has 2 aromatic carbocycles. The highest BCUT2D eigenvalue weighted by molar-refractivity contribution is 5.75. The van der Waals surface area contributed by atoms with Crippen LogP contribution in [0.3, 0.4) is 0 Å². The van der Waals surface area contributed by atoms with Gasteiger partial charge in [0, 0.05) is 17.2 Å². The van der Waals surface area contributed by atoms with Crippen LogP contribution in [0.1, 0.15) is 54.1 Å². The molecule has 0 aliphatic heterocycles. The van der Waals surface area contributed by atoms with Gasteiger partial charge < -0.3 is 10.5 Å². The Balaban J connectivity index is 2.74. The number of ether oxygens (including phenoxy) is 1. The highest BCUT2D eigenvalue weighted by Crippen LogP contribution is 2.36. The fraction of sp³-hybridized carbons (Fsp3) is 0.348.